The zero-order valence-corrected chi connectivity index (χ0v) is 9.68. The van der Waals surface area contributed by atoms with Gasteiger partial charge in [-0.1, -0.05) is 18.7 Å². The molecule has 0 spiro atoms. The van der Waals surface area contributed by atoms with Crippen LogP contribution in [0, 0.1) is 11.6 Å². The van der Waals surface area contributed by atoms with Crippen LogP contribution >= 0.6 is 11.8 Å². The van der Waals surface area contributed by atoms with Crippen LogP contribution in [-0.4, -0.2) is 23.3 Å². The van der Waals surface area contributed by atoms with Crippen molar-refractivity contribution in [1.82, 2.24) is 4.98 Å². The van der Waals surface area contributed by atoms with E-state index in [1.54, 1.807) is 6.92 Å². The average molecular weight is 247 g/mol. The number of carbonyl (C=O) groups excluding carboxylic acids is 1. The smallest absolute Gasteiger partial charge is 0.306 e. The molecule has 0 amide bonds. The van der Waals surface area contributed by atoms with E-state index in [-0.39, 0.29) is 22.7 Å². The maximum atomic E-state index is 13.2. The second kappa shape index (κ2) is 5.79. The van der Waals surface area contributed by atoms with E-state index in [0.29, 0.717) is 0 Å². The first-order valence-corrected chi connectivity index (χ1v) is 5.45. The number of aromatic nitrogens is 1. The van der Waals surface area contributed by atoms with Crippen LogP contribution in [0.25, 0.3) is 0 Å². The monoisotopic (exact) mass is 247 g/mol. The van der Waals surface area contributed by atoms with Gasteiger partial charge < -0.3 is 4.74 Å². The molecule has 6 heteroatoms. The van der Waals surface area contributed by atoms with E-state index in [1.807, 2.05) is 0 Å². The zero-order chi connectivity index (χ0) is 12.1. The maximum Gasteiger partial charge on any atom is 0.306 e. The van der Waals surface area contributed by atoms with Gasteiger partial charge in [0.15, 0.2) is 5.82 Å². The molecular formula is C10H11F2NO2S. The van der Waals surface area contributed by atoms with Gasteiger partial charge in [-0.25, -0.2) is 13.8 Å². The highest BCUT2D eigenvalue weighted by atomic mass is 32.2. The molecule has 0 aliphatic carbocycles. The number of ether oxygens (including phenoxy) is 1. The summed E-state index contributed by atoms with van der Waals surface area (Å²) < 4.78 is 30.2. The number of methoxy groups -OCH3 is 1. The number of halogens is 2. The van der Waals surface area contributed by atoms with Crippen LogP contribution in [0.2, 0.25) is 0 Å². The lowest BCUT2D eigenvalue weighted by Crippen LogP contribution is -2.09. The number of hydrogen-bond donors (Lipinski definition) is 0. The summed E-state index contributed by atoms with van der Waals surface area (Å²) >= 11 is 1.07. The van der Waals surface area contributed by atoms with Gasteiger partial charge in [0.05, 0.1) is 19.7 Å². The quantitative estimate of drug-likeness (QED) is 0.605. The lowest BCUT2D eigenvalue weighted by molar-refractivity contribution is -0.140. The van der Waals surface area contributed by atoms with Crippen LogP contribution in [-0.2, 0) is 9.53 Å². The van der Waals surface area contributed by atoms with Crippen molar-refractivity contribution < 1.29 is 18.3 Å². The van der Waals surface area contributed by atoms with E-state index in [1.165, 1.54) is 7.11 Å². The van der Waals surface area contributed by atoms with Gasteiger partial charge in [-0.3, -0.25) is 4.79 Å². The third-order valence-corrected chi connectivity index (χ3v) is 2.86. The molecule has 0 aromatic carbocycles. The van der Waals surface area contributed by atoms with Crippen molar-refractivity contribution in [3.63, 3.8) is 0 Å². The summed E-state index contributed by atoms with van der Waals surface area (Å²) in [5, 5.41) is -0.0993. The third kappa shape index (κ3) is 3.77. The Bertz CT molecular complexity index is 387. The molecule has 1 atom stereocenters. The zero-order valence-electron chi connectivity index (χ0n) is 8.87. The molecule has 0 aliphatic heterocycles. The van der Waals surface area contributed by atoms with Gasteiger partial charge in [-0.2, -0.15) is 0 Å². The Morgan fingerprint density at radius 1 is 1.62 bits per heavy atom. The Morgan fingerprint density at radius 2 is 2.31 bits per heavy atom. The van der Waals surface area contributed by atoms with Gasteiger partial charge in [0.2, 0.25) is 0 Å². The van der Waals surface area contributed by atoms with Gasteiger partial charge >= 0.3 is 5.97 Å². The fraction of sp³-hybridized carbons (Fsp3) is 0.400. The highest BCUT2D eigenvalue weighted by molar-refractivity contribution is 7.99. The summed E-state index contributed by atoms with van der Waals surface area (Å²) in [6.07, 6.45) is 1.09. The molecule has 1 aromatic rings. The molecule has 16 heavy (non-hydrogen) atoms. The molecule has 3 nitrogen and oxygen atoms in total. The Morgan fingerprint density at radius 3 is 2.88 bits per heavy atom. The van der Waals surface area contributed by atoms with Crippen molar-refractivity contribution in [2.75, 3.05) is 7.11 Å². The molecule has 0 saturated carbocycles. The molecule has 1 rings (SSSR count). The summed E-state index contributed by atoms with van der Waals surface area (Å²) in [6, 6.07) is 0.764. The predicted octanol–water partition coefficient (Wildman–Crippen LogP) is 2.40. The largest absolute Gasteiger partial charge is 0.469 e. The lowest BCUT2D eigenvalue weighted by Gasteiger charge is -2.09. The Labute approximate surface area is 96.2 Å². The fourth-order valence-corrected chi connectivity index (χ4v) is 1.92. The number of carbonyl (C=O) groups is 1. The van der Waals surface area contributed by atoms with Crippen LogP contribution in [0.3, 0.4) is 0 Å². The third-order valence-electron chi connectivity index (χ3n) is 1.77. The van der Waals surface area contributed by atoms with Crippen molar-refractivity contribution in [3.8, 4) is 0 Å². The first kappa shape index (κ1) is 12.9. The van der Waals surface area contributed by atoms with Crippen molar-refractivity contribution in [1.29, 1.82) is 0 Å². The van der Waals surface area contributed by atoms with Crippen LogP contribution in [0.15, 0.2) is 17.3 Å². The van der Waals surface area contributed by atoms with Crippen LogP contribution in [0.4, 0.5) is 8.78 Å². The minimum atomic E-state index is -0.721. The molecule has 1 heterocycles. The summed E-state index contributed by atoms with van der Waals surface area (Å²) in [4.78, 5) is 14.6. The van der Waals surface area contributed by atoms with Crippen LogP contribution in [0.5, 0.6) is 0 Å². The maximum absolute atomic E-state index is 13.2. The van der Waals surface area contributed by atoms with E-state index in [2.05, 4.69) is 9.72 Å². The molecule has 0 saturated heterocycles. The number of rotatable bonds is 4. The highest BCUT2D eigenvalue weighted by Gasteiger charge is 2.14. The topological polar surface area (TPSA) is 39.2 Å². The number of pyridine rings is 1. The van der Waals surface area contributed by atoms with Crippen LogP contribution in [0.1, 0.15) is 13.3 Å². The van der Waals surface area contributed by atoms with E-state index < -0.39 is 11.6 Å². The summed E-state index contributed by atoms with van der Waals surface area (Å²) in [5.41, 5.74) is 0. The van der Waals surface area contributed by atoms with Gasteiger partial charge in [0.1, 0.15) is 10.8 Å². The van der Waals surface area contributed by atoms with Crippen molar-refractivity contribution in [2.24, 2.45) is 0 Å². The van der Waals surface area contributed by atoms with E-state index in [9.17, 15) is 13.6 Å². The molecule has 0 bridgehead atoms. The normalized spacial score (nSPS) is 12.2. The molecule has 1 aromatic heterocycles. The van der Waals surface area contributed by atoms with E-state index in [4.69, 9.17) is 0 Å². The molecule has 0 aliphatic rings. The van der Waals surface area contributed by atoms with Gasteiger partial charge in [0.25, 0.3) is 0 Å². The van der Waals surface area contributed by atoms with Crippen LogP contribution < -0.4 is 0 Å². The van der Waals surface area contributed by atoms with E-state index in [0.717, 1.165) is 24.0 Å². The molecule has 1 unspecified atom stereocenters. The SMILES string of the molecule is COC(=O)CC(C)Sc1ncc(F)cc1F. The highest BCUT2D eigenvalue weighted by Crippen LogP contribution is 2.25. The number of thioether (sulfide) groups is 1. The summed E-state index contributed by atoms with van der Waals surface area (Å²) in [5.74, 6) is -1.81. The molecule has 0 fully saturated rings. The lowest BCUT2D eigenvalue weighted by atomic mass is 10.3. The first-order valence-electron chi connectivity index (χ1n) is 4.57. The average Bonchev–Trinajstić information content (AvgIpc) is 2.22. The van der Waals surface area contributed by atoms with Crippen molar-refractivity contribution in [2.45, 2.75) is 23.6 Å². The standard InChI is InChI=1S/C10H11F2NO2S/c1-6(3-9(14)15-2)16-10-8(12)4-7(11)5-13-10/h4-6H,3H2,1-2H3. The molecule has 0 radical (unpaired) electrons. The Kier molecular flexibility index (Phi) is 4.67. The fourth-order valence-electron chi connectivity index (χ4n) is 1.04. The molecule has 0 N–H and O–H groups in total. The number of hydrogen-bond acceptors (Lipinski definition) is 4. The Hall–Kier alpha value is -1.17. The molecular weight excluding hydrogens is 236 g/mol. The molecule has 88 valence electrons. The number of esters is 1. The van der Waals surface area contributed by atoms with E-state index >= 15 is 0 Å². The predicted molar refractivity (Wildman–Crippen MR) is 56.1 cm³/mol. The number of nitrogens with zero attached hydrogens (tertiary/aromatic N) is 1. The summed E-state index contributed by atoms with van der Waals surface area (Å²) in [6.45, 7) is 1.74. The minimum Gasteiger partial charge on any atom is -0.469 e. The second-order valence-corrected chi connectivity index (χ2v) is 4.58. The van der Waals surface area contributed by atoms with Crippen molar-refractivity contribution >= 4 is 17.7 Å². The van der Waals surface area contributed by atoms with Gasteiger partial charge in [-0.05, 0) is 0 Å². The second-order valence-electron chi connectivity index (χ2n) is 3.15. The first-order chi connectivity index (χ1) is 7.52. The minimum absolute atomic E-state index is 0.0813. The Balaban J connectivity index is 2.62. The summed E-state index contributed by atoms with van der Waals surface area (Å²) in [7, 11) is 1.29. The van der Waals surface area contributed by atoms with Crippen molar-refractivity contribution in [3.05, 3.63) is 23.9 Å². The van der Waals surface area contributed by atoms with Gasteiger partial charge in [0, 0.05) is 11.3 Å². The van der Waals surface area contributed by atoms with Gasteiger partial charge in [-0.15, -0.1) is 0 Å².